The van der Waals surface area contributed by atoms with E-state index in [9.17, 15) is 4.79 Å². The van der Waals surface area contributed by atoms with Gasteiger partial charge in [0.15, 0.2) is 17.3 Å². The van der Waals surface area contributed by atoms with Crippen LogP contribution in [0.5, 0.6) is 11.5 Å². The average molecular weight is 363 g/mol. The highest BCUT2D eigenvalue weighted by Crippen LogP contribution is 2.33. The molecule has 27 heavy (non-hydrogen) atoms. The van der Waals surface area contributed by atoms with Gasteiger partial charge in [-0.15, -0.1) is 10.2 Å². The SMILES string of the molecule is Cc1cc(C(=O)Cn2cnnc2C#N)c(C)n1Cc1ccc2c(c1)OCO2. The number of aryl methyl sites for hydroxylation is 1. The molecule has 0 amide bonds. The molecule has 0 aliphatic carbocycles. The second-order valence-corrected chi connectivity index (χ2v) is 6.38. The third-order valence-corrected chi connectivity index (χ3v) is 4.68. The van der Waals surface area contributed by atoms with E-state index >= 15 is 0 Å². The third kappa shape index (κ3) is 3.04. The molecule has 1 aliphatic rings. The average Bonchev–Trinajstić information content (AvgIpc) is 3.36. The Hall–Kier alpha value is -3.60. The lowest BCUT2D eigenvalue weighted by Crippen LogP contribution is -2.13. The minimum atomic E-state index is -0.0867. The van der Waals surface area contributed by atoms with Crippen LogP contribution in [0.4, 0.5) is 0 Å². The lowest BCUT2D eigenvalue weighted by Gasteiger charge is -2.11. The summed E-state index contributed by atoms with van der Waals surface area (Å²) in [7, 11) is 0. The first-order chi connectivity index (χ1) is 13.1. The molecular formula is C19H17N5O3. The molecule has 0 bridgehead atoms. The van der Waals surface area contributed by atoms with Gasteiger partial charge in [0.2, 0.25) is 12.6 Å². The molecule has 0 fully saturated rings. The van der Waals surface area contributed by atoms with Crippen LogP contribution in [0, 0.1) is 25.2 Å². The van der Waals surface area contributed by atoms with Gasteiger partial charge in [0.05, 0.1) is 6.54 Å². The summed E-state index contributed by atoms with van der Waals surface area (Å²) < 4.78 is 14.3. The zero-order valence-electron chi connectivity index (χ0n) is 15.0. The van der Waals surface area contributed by atoms with Crippen molar-refractivity contribution in [1.82, 2.24) is 19.3 Å². The van der Waals surface area contributed by atoms with Crippen molar-refractivity contribution >= 4 is 5.78 Å². The summed E-state index contributed by atoms with van der Waals surface area (Å²) >= 11 is 0. The van der Waals surface area contributed by atoms with Crippen molar-refractivity contribution in [3.05, 3.63) is 58.9 Å². The minimum Gasteiger partial charge on any atom is -0.454 e. The van der Waals surface area contributed by atoms with E-state index in [4.69, 9.17) is 14.7 Å². The fourth-order valence-corrected chi connectivity index (χ4v) is 3.25. The van der Waals surface area contributed by atoms with Gasteiger partial charge < -0.3 is 14.0 Å². The van der Waals surface area contributed by atoms with Crippen molar-refractivity contribution in [2.24, 2.45) is 0 Å². The van der Waals surface area contributed by atoms with Crippen molar-refractivity contribution in [3.63, 3.8) is 0 Å². The van der Waals surface area contributed by atoms with Gasteiger partial charge in [0.1, 0.15) is 12.4 Å². The number of aromatic nitrogens is 4. The molecule has 3 heterocycles. The van der Waals surface area contributed by atoms with E-state index in [-0.39, 0.29) is 24.9 Å². The number of carbonyl (C=O) groups excluding carboxylic acids is 1. The number of Topliss-reactive ketones (excluding diaryl/α,β-unsaturated/α-hetero) is 1. The first kappa shape index (κ1) is 16.8. The van der Waals surface area contributed by atoms with Crippen LogP contribution in [-0.4, -0.2) is 31.9 Å². The molecule has 0 radical (unpaired) electrons. The number of hydrogen-bond acceptors (Lipinski definition) is 6. The summed E-state index contributed by atoms with van der Waals surface area (Å²) in [6, 6.07) is 9.65. The van der Waals surface area contributed by atoms with E-state index in [0.29, 0.717) is 12.1 Å². The van der Waals surface area contributed by atoms with E-state index in [2.05, 4.69) is 14.8 Å². The molecule has 136 valence electrons. The van der Waals surface area contributed by atoms with E-state index < -0.39 is 0 Å². The second-order valence-electron chi connectivity index (χ2n) is 6.38. The summed E-state index contributed by atoms with van der Waals surface area (Å²) in [6.45, 7) is 4.79. The zero-order valence-corrected chi connectivity index (χ0v) is 15.0. The van der Waals surface area contributed by atoms with E-state index in [1.54, 1.807) is 0 Å². The highest BCUT2D eigenvalue weighted by atomic mass is 16.7. The van der Waals surface area contributed by atoms with Crippen LogP contribution >= 0.6 is 0 Å². The molecular weight excluding hydrogens is 346 g/mol. The van der Waals surface area contributed by atoms with Gasteiger partial charge >= 0.3 is 0 Å². The topological polar surface area (TPSA) is 95.0 Å². The van der Waals surface area contributed by atoms with Gasteiger partial charge in [0.25, 0.3) is 0 Å². The lowest BCUT2D eigenvalue weighted by atomic mass is 10.1. The summed E-state index contributed by atoms with van der Waals surface area (Å²) in [5.41, 5.74) is 3.55. The maximum Gasteiger partial charge on any atom is 0.235 e. The number of hydrogen-bond donors (Lipinski definition) is 0. The fraction of sp³-hybridized carbons (Fsp3) is 0.263. The highest BCUT2D eigenvalue weighted by molar-refractivity contribution is 5.97. The van der Waals surface area contributed by atoms with E-state index in [0.717, 1.165) is 28.5 Å². The molecule has 1 aliphatic heterocycles. The number of ether oxygens (including phenoxy) is 2. The predicted octanol–water partition coefficient (Wildman–Crippen LogP) is 2.23. The first-order valence-electron chi connectivity index (χ1n) is 8.43. The van der Waals surface area contributed by atoms with Gasteiger partial charge in [-0.1, -0.05) is 6.07 Å². The van der Waals surface area contributed by atoms with Crippen LogP contribution in [0.3, 0.4) is 0 Å². The Morgan fingerprint density at radius 3 is 2.89 bits per heavy atom. The largest absolute Gasteiger partial charge is 0.454 e. The van der Waals surface area contributed by atoms with E-state index in [1.807, 2.05) is 44.2 Å². The van der Waals surface area contributed by atoms with Crippen molar-refractivity contribution < 1.29 is 14.3 Å². The molecule has 0 saturated carbocycles. The van der Waals surface area contributed by atoms with Crippen LogP contribution in [0.2, 0.25) is 0 Å². The molecule has 0 unspecified atom stereocenters. The van der Waals surface area contributed by atoms with Gasteiger partial charge in [-0.3, -0.25) is 9.36 Å². The Morgan fingerprint density at radius 2 is 2.07 bits per heavy atom. The Labute approximate surface area is 155 Å². The number of benzene rings is 1. The molecule has 1 aromatic carbocycles. The standard InChI is InChI=1S/C19H17N5O3/c1-12-5-15(16(25)9-23-10-21-22-19(23)7-20)13(2)24(12)8-14-3-4-17-18(6-14)27-11-26-17/h3-6,10H,8-9,11H2,1-2H3. The molecule has 0 saturated heterocycles. The highest BCUT2D eigenvalue weighted by Gasteiger charge is 2.19. The Morgan fingerprint density at radius 1 is 1.26 bits per heavy atom. The summed E-state index contributed by atoms with van der Waals surface area (Å²) in [5, 5.41) is 16.4. The maximum atomic E-state index is 12.7. The molecule has 0 atom stereocenters. The van der Waals surface area contributed by atoms with Crippen LogP contribution in [0.1, 0.15) is 33.1 Å². The first-order valence-corrected chi connectivity index (χ1v) is 8.43. The number of rotatable bonds is 5. The Kier molecular flexibility index (Phi) is 4.12. The van der Waals surface area contributed by atoms with Gasteiger partial charge in [-0.2, -0.15) is 5.26 Å². The van der Waals surface area contributed by atoms with Crippen LogP contribution < -0.4 is 9.47 Å². The smallest absolute Gasteiger partial charge is 0.235 e. The van der Waals surface area contributed by atoms with Crippen molar-refractivity contribution in [2.45, 2.75) is 26.9 Å². The van der Waals surface area contributed by atoms with E-state index in [1.165, 1.54) is 10.9 Å². The molecule has 0 N–H and O–H groups in total. The second kappa shape index (κ2) is 6.61. The monoisotopic (exact) mass is 363 g/mol. The van der Waals surface area contributed by atoms with Gasteiger partial charge in [0, 0.05) is 23.5 Å². The number of carbonyl (C=O) groups is 1. The molecule has 8 nitrogen and oxygen atoms in total. The quantitative estimate of drug-likeness (QED) is 0.645. The van der Waals surface area contributed by atoms with Crippen molar-refractivity contribution in [2.75, 3.05) is 6.79 Å². The maximum absolute atomic E-state index is 12.7. The van der Waals surface area contributed by atoms with Crippen molar-refractivity contribution in [1.29, 1.82) is 5.26 Å². The lowest BCUT2D eigenvalue weighted by molar-refractivity contribution is 0.0971. The number of fused-ring (bicyclic) bond motifs is 1. The van der Waals surface area contributed by atoms with Crippen molar-refractivity contribution in [3.8, 4) is 17.6 Å². The van der Waals surface area contributed by atoms with Gasteiger partial charge in [-0.05, 0) is 37.6 Å². The molecule has 0 spiro atoms. The Balaban J connectivity index is 1.58. The summed E-state index contributed by atoms with van der Waals surface area (Å²) in [5.74, 6) is 1.52. The number of ketones is 1. The predicted molar refractivity (Wildman–Crippen MR) is 94.6 cm³/mol. The molecule has 8 heteroatoms. The summed E-state index contributed by atoms with van der Waals surface area (Å²) in [6.07, 6.45) is 1.39. The van der Waals surface area contributed by atoms with Crippen LogP contribution in [-0.2, 0) is 13.1 Å². The minimum absolute atomic E-state index is 0.0320. The van der Waals surface area contributed by atoms with Crippen LogP contribution in [0.15, 0.2) is 30.6 Å². The fourth-order valence-electron chi connectivity index (χ4n) is 3.25. The summed E-state index contributed by atoms with van der Waals surface area (Å²) in [4.78, 5) is 12.7. The normalized spacial score (nSPS) is 12.2. The number of nitrogens with zero attached hydrogens (tertiary/aromatic N) is 5. The molecule has 2 aromatic heterocycles. The molecule has 4 rings (SSSR count). The number of nitriles is 1. The van der Waals surface area contributed by atoms with Gasteiger partial charge in [-0.25, -0.2) is 0 Å². The molecule has 3 aromatic rings. The third-order valence-electron chi connectivity index (χ3n) is 4.68. The zero-order chi connectivity index (χ0) is 19.0. The Bertz CT molecular complexity index is 1070. The van der Waals surface area contributed by atoms with Crippen LogP contribution in [0.25, 0.3) is 0 Å².